The summed E-state index contributed by atoms with van der Waals surface area (Å²) in [6.07, 6.45) is 8.47. The molecule has 3 rings (SSSR count). The lowest BCUT2D eigenvalue weighted by molar-refractivity contribution is 0.377. The van der Waals surface area contributed by atoms with E-state index in [1.165, 1.54) is 6.08 Å². The van der Waals surface area contributed by atoms with Crippen LogP contribution in [0.5, 0.6) is 0 Å². The van der Waals surface area contributed by atoms with E-state index in [1.54, 1.807) is 42.7 Å². The molecule has 1 aliphatic rings. The summed E-state index contributed by atoms with van der Waals surface area (Å²) < 4.78 is 26.7. The molecule has 1 aromatic heterocycles. The van der Waals surface area contributed by atoms with Gasteiger partial charge in [-0.15, -0.1) is 6.58 Å². The van der Waals surface area contributed by atoms with Crippen molar-refractivity contribution in [1.82, 2.24) is 4.98 Å². The number of benzene rings is 1. The smallest absolute Gasteiger partial charge is 0.170 e. The Bertz CT molecular complexity index is 888. The highest BCUT2D eigenvalue weighted by molar-refractivity contribution is 7.92. The quantitative estimate of drug-likeness (QED) is 0.578. The highest BCUT2D eigenvalue weighted by Crippen LogP contribution is 2.50. The summed E-state index contributed by atoms with van der Waals surface area (Å²) in [6, 6.07) is 8.55. The number of pyridine rings is 1. The summed E-state index contributed by atoms with van der Waals surface area (Å²) in [6.45, 7) is 3.81. The third-order valence-electron chi connectivity index (χ3n) is 5.21. The number of aromatic nitrogens is 1. The lowest BCUT2D eigenvalue weighted by atomic mass is 9.83. The van der Waals surface area contributed by atoms with E-state index in [1.807, 2.05) is 0 Å². The fraction of sp³-hybridized carbons (Fsp3) is 0.350. The average molecular weight is 410 g/mol. The first-order valence-electron chi connectivity index (χ1n) is 8.64. The van der Waals surface area contributed by atoms with Gasteiger partial charge in [-0.1, -0.05) is 60.7 Å². The van der Waals surface area contributed by atoms with Gasteiger partial charge >= 0.3 is 0 Å². The highest BCUT2D eigenvalue weighted by atomic mass is 35.5. The molecular weight excluding hydrogens is 389 g/mol. The molecule has 0 spiro atoms. The van der Waals surface area contributed by atoms with Gasteiger partial charge in [0.1, 0.15) is 10.00 Å². The number of rotatable bonds is 5. The molecule has 0 amide bonds. The van der Waals surface area contributed by atoms with E-state index < -0.39 is 19.8 Å². The minimum absolute atomic E-state index is 0.449. The van der Waals surface area contributed by atoms with Gasteiger partial charge in [-0.3, -0.25) is 4.98 Å². The summed E-state index contributed by atoms with van der Waals surface area (Å²) in [5.74, 6) is 0. The molecule has 1 atom stereocenters. The topological polar surface area (TPSA) is 47.0 Å². The van der Waals surface area contributed by atoms with Crippen LogP contribution in [0, 0.1) is 0 Å². The van der Waals surface area contributed by atoms with Crippen LogP contribution in [0.1, 0.15) is 48.5 Å². The Morgan fingerprint density at radius 2 is 1.73 bits per heavy atom. The summed E-state index contributed by atoms with van der Waals surface area (Å²) in [5, 5.41) is 0.190. The molecule has 0 N–H and O–H groups in total. The van der Waals surface area contributed by atoms with E-state index in [-0.39, 0.29) is 0 Å². The van der Waals surface area contributed by atoms with Crippen LogP contribution in [-0.2, 0) is 14.6 Å². The standard InChI is InChI=1S/C20H21Cl2NO2S/c1-2-19(15-6-8-16(21)9-7-15)26(24,25)20(11-4-3-5-12-20)17-14-23-13-10-18(17)22/h2,6-10,13-14,19H,1,3-5,11-12H2. The van der Waals surface area contributed by atoms with E-state index in [0.717, 1.165) is 19.3 Å². The van der Waals surface area contributed by atoms with Crippen molar-refractivity contribution >= 4 is 33.0 Å². The minimum atomic E-state index is -3.66. The predicted molar refractivity (Wildman–Crippen MR) is 107 cm³/mol. The Hall–Kier alpha value is -1.36. The van der Waals surface area contributed by atoms with Gasteiger partial charge in [0.2, 0.25) is 0 Å². The van der Waals surface area contributed by atoms with Gasteiger partial charge in [0.05, 0.1) is 0 Å². The molecule has 0 radical (unpaired) electrons. The van der Waals surface area contributed by atoms with E-state index >= 15 is 0 Å². The van der Waals surface area contributed by atoms with Gasteiger partial charge in [0.25, 0.3) is 0 Å². The van der Waals surface area contributed by atoms with E-state index in [9.17, 15) is 8.42 Å². The Labute approximate surface area is 165 Å². The SMILES string of the molecule is C=CC(c1ccc(Cl)cc1)S(=O)(=O)C1(c2cnccc2Cl)CCCCC1. The van der Waals surface area contributed by atoms with Gasteiger partial charge in [-0.2, -0.15) is 0 Å². The summed E-state index contributed by atoms with van der Waals surface area (Å²) in [7, 11) is -3.66. The van der Waals surface area contributed by atoms with Gasteiger partial charge < -0.3 is 0 Å². The van der Waals surface area contributed by atoms with Crippen molar-refractivity contribution in [2.45, 2.75) is 42.1 Å². The number of nitrogens with zero attached hydrogens (tertiary/aromatic N) is 1. The van der Waals surface area contributed by atoms with Crippen molar-refractivity contribution in [2.24, 2.45) is 0 Å². The molecule has 6 heteroatoms. The predicted octanol–water partition coefficient (Wildman–Crippen LogP) is 5.89. The van der Waals surface area contributed by atoms with Gasteiger partial charge in [-0.05, 0) is 36.6 Å². The van der Waals surface area contributed by atoms with Crippen LogP contribution in [0.3, 0.4) is 0 Å². The number of hydrogen-bond acceptors (Lipinski definition) is 3. The van der Waals surface area contributed by atoms with Gasteiger partial charge in [0.15, 0.2) is 9.84 Å². The van der Waals surface area contributed by atoms with Crippen LogP contribution in [0.25, 0.3) is 0 Å². The molecule has 0 aliphatic heterocycles. The third kappa shape index (κ3) is 3.30. The molecule has 2 aromatic rings. The Morgan fingerprint density at radius 1 is 1.08 bits per heavy atom. The van der Waals surface area contributed by atoms with Gasteiger partial charge in [0, 0.05) is 28.0 Å². The monoisotopic (exact) mass is 409 g/mol. The van der Waals surface area contributed by atoms with Crippen LogP contribution in [0.15, 0.2) is 55.4 Å². The van der Waals surface area contributed by atoms with Crippen LogP contribution in [-0.4, -0.2) is 13.4 Å². The van der Waals surface area contributed by atoms with Crippen LogP contribution < -0.4 is 0 Å². The van der Waals surface area contributed by atoms with Crippen molar-refractivity contribution in [1.29, 1.82) is 0 Å². The molecule has 26 heavy (non-hydrogen) atoms. The Morgan fingerprint density at radius 3 is 2.31 bits per heavy atom. The lowest BCUT2D eigenvalue weighted by Gasteiger charge is -2.39. The minimum Gasteiger partial charge on any atom is -0.264 e. The summed E-state index contributed by atoms with van der Waals surface area (Å²) >= 11 is 12.4. The Balaban J connectivity index is 2.17. The van der Waals surface area contributed by atoms with Crippen molar-refractivity contribution in [2.75, 3.05) is 0 Å². The normalized spacial score (nSPS) is 18.2. The van der Waals surface area contributed by atoms with Crippen molar-refractivity contribution in [3.05, 3.63) is 76.6 Å². The fourth-order valence-electron chi connectivity index (χ4n) is 3.88. The first kappa shape index (κ1) is 19.4. The first-order chi connectivity index (χ1) is 12.4. The zero-order chi connectivity index (χ0) is 18.8. The maximum absolute atomic E-state index is 13.9. The van der Waals surface area contributed by atoms with Crippen molar-refractivity contribution < 1.29 is 8.42 Å². The molecule has 1 heterocycles. The number of hydrogen-bond donors (Lipinski definition) is 0. The van der Waals surface area contributed by atoms with Crippen molar-refractivity contribution in [3.8, 4) is 0 Å². The summed E-state index contributed by atoms with van der Waals surface area (Å²) in [4.78, 5) is 4.16. The van der Waals surface area contributed by atoms with Gasteiger partial charge in [-0.25, -0.2) is 8.42 Å². The zero-order valence-electron chi connectivity index (χ0n) is 14.4. The second-order valence-electron chi connectivity index (χ2n) is 6.66. The Kier molecular flexibility index (Phi) is 5.75. The van der Waals surface area contributed by atoms with E-state index in [2.05, 4.69) is 11.6 Å². The van der Waals surface area contributed by atoms with Crippen LogP contribution >= 0.6 is 23.2 Å². The average Bonchev–Trinajstić information content (AvgIpc) is 2.64. The molecule has 1 aliphatic carbocycles. The van der Waals surface area contributed by atoms with E-state index in [4.69, 9.17) is 23.2 Å². The molecule has 0 saturated heterocycles. The maximum atomic E-state index is 13.9. The third-order valence-corrected chi connectivity index (χ3v) is 8.64. The molecule has 0 bridgehead atoms. The zero-order valence-corrected chi connectivity index (χ0v) is 16.7. The largest absolute Gasteiger partial charge is 0.264 e. The molecule has 1 unspecified atom stereocenters. The molecular formula is C20H21Cl2NO2S. The second-order valence-corrected chi connectivity index (χ2v) is 9.89. The number of sulfone groups is 1. The molecule has 1 saturated carbocycles. The van der Waals surface area contributed by atoms with Crippen LogP contribution in [0.4, 0.5) is 0 Å². The maximum Gasteiger partial charge on any atom is 0.170 e. The lowest BCUT2D eigenvalue weighted by Crippen LogP contribution is -2.40. The fourth-order valence-corrected chi connectivity index (χ4v) is 6.93. The first-order valence-corrected chi connectivity index (χ1v) is 10.9. The highest BCUT2D eigenvalue weighted by Gasteiger charge is 2.50. The molecule has 3 nitrogen and oxygen atoms in total. The second kappa shape index (κ2) is 7.71. The molecule has 1 aromatic carbocycles. The summed E-state index contributed by atoms with van der Waals surface area (Å²) in [5.41, 5.74) is 1.26. The van der Waals surface area contributed by atoms with E-state index in [0.29, 0.717) is 34.0 Å². The van der Waals surface area contributed by atoms with Crippen LogP contribution in [0.2, 0.25) is 10.0 Å². The van der Waals surface area contributed by atoms with Crippen molar-refractivity contribution in [3.63, 3.8) is 0 Å². The number of halogens is 2. The molecule has 1 fully saturated rings. The molecule has 138 valence electrons.